The van der Waals surface area contributed by atoms with Gasteiger partial charge >= 0.3 is 6.16 Å². The molecule has 4 rings (SSSR count). The summed E-state index contributed by atoms with van der Waals surface area (Å²) in [6, 6.07) is 13.4. The van der Waals surface area contributed by atoms with Gasteiger partial charge in [-0.2, -0.15) is 0 Å². The highest BCUT2D eigenvalue weighted by atomic mass is 79.9. The second kappa shape index (κ2) is 9.83. The first-order valence-electron chi connectivity index (χ1n) is 10.5. The summed E-state index contributed by atoms with van der Waals surface area (Å²) in [4.78, 5) is 13.2. The highest BCUT2D eigenvalue weighted by molar-refractivity contribution is 9.11. The third-order valence-electron chi connectivity index (χ3n) is 5.72. The summed E-state index contributed by atoms with van der Waals surface area (Å²) in [6.45, 7) is 2.28. The van der Waals surface area contributed by atoms with Crippen molar-refractivity contribution < 1.29 is 23.8 Å². The van der Waals surface area contributed by atoms with E-state index in [4.69, 9.17) is 14.6 Å². The zero-order valence-corrected chi connectivity index (χ0v) is 18.7. The summed E-state index contributed by atoms with van der Waals surface area (Å²) >= 11 is 3.71. The second-order valence-electron chi connectivity index (χ2n) is 7.86. The van der Waals surface area contributed by atoms with E-state index in [2.05, 4.69) is 20.8 Å². The Hall–Kier alpha value is -2.38. The fourth-order valence-corrected chi connectivity index (χ4v) is 4.91. The van der Waals surface area contributed by atoms with Crippen LogP contribution < -0.4 is 9.47 Å². The van der Waals surface area contributed by atoms with Crippen LogP contribution in [-0.2, 0) is 6.42 Å². The number of nitrogens with zero attached hydrogens (tertiary/aromatic N) is 1. The second-order valence-corrected chi connectivity index (χ2v) is 8.82. The Morgan fingerprint density at radius 1 is 1.16 bits per heavy atom. The number of halogens is 2. The average molecular weight is 490 g/mol. The number of ether oxygens (including phenoxy) is 2. The highest BCUT2D eigenvalue weighted by Crippen LogP contribution is 2.40. The topological polar surface area (TPSA) is 59.0 Å². The van der Waals surface area contributed by atoms with Crippen molar-refractivity contribution in [2.24, 2.45) is 0 Å². The van der Waals surface area contributed by atoms with Gasteiger partial charge in [0.1, 0.15) is 17.6 Å². The number of hydrogen-bond acceptors (Lipinski definition) is 4. The Kier molecular flexibility index (Phi) is 6.92. The lowest BCUT2D eigenvalue weighted by Crippen LogP contribution is -2.26. The van der Waals surface area contributed by atoms with Gasteiger partial charge in [0.2, 0.25) is 0 Å². The number of rotatable bonds is 7. The Morgan fingerprint density at radius 2 is 1.94 bits per heavy atom. The molecule has 2 aromatic carbocycles. The first kappa shape index (κ1) is 21.8. The Bertz CT molecular complexity index is 976. The van der Waals surface area contributed by atoms with E-state index in [9.17, 15) is 9.18 Å². The van der Waals surface area contributed by atoms with Gasteiger partial charge in [-0.25, -0.2) is 4.79 Å². The zero-order valence-electron chi connectivity index (χ0n) is 17.2. The number of aryl methyl sites for hydroxylation is 1. The number of alkyl halides is 1. The minimum Gasteiger partial charge on any atom is -0.489 e. The van der Waals surface area contributed by atoms with Crippen molar-refractivity contribution >= 4 is 27.7 Å². The zero-order chi connectivity index (χ0) is 21.8. The van der Waals surface area contributed by atoms with Gasteiger partial charge in [-0.3, -0.25) is 9.29 Å². The standard InChI is InChI=1S/C24H25BrFNO4/c25-22-9-5-16-2-8-19(31-24(28)29)14-21(16)23(22)17-3-6-18(7-4-17)30-20-10-13-27(15-20)12-1-11-26/h2-4,6-8,14,20H,1,5,9-13,15H2,(H,28,29)/t20-/m0/s1. The van der Waals surface area contributed by atoms with Crippen LogP contribution in [-0.4, -0.2) is 48.6 Å². The lowest BCUT2D eigenvalue weighted by atomic mass is 9.87. The van der Waals surface area contributed by atoms with Crippen molar-refractivity contribution in [2.45, 2.75) is 31.8 Å². The van der Waals surface area contributed by atoms with Crippen LogP contribution in [0.3, 0.4) is 0 Å². The molecule has 0 amide bonds. The van der Waals surface area contributed by atoms with Gasteiger partial charge in [0, 0.05) is 24.1 Å². The van der Waals surface area contributed by atoms with E-state index in [1.165, 1.54) is 0 Å². The summed E-state index contributed by atoms with van der Waals surface area (Å²) in [6.07, 6.45) is 2.10. The van der Waals surface area contributed by atoms with Crippen LogP contribution in [0.5, 0.6) is 11.5 Å². The summed E-state index contributed by atoms with van der Waals surface area (Å²) in [5.41, 5.74) is 4.21. The maximum Gasteiger partial charge on any atom is 0.511 e. The SMILES string of the molecule is O=C(O)Oc1ccc2c(c1)C(c1ccc(O[C@H]3CCN(CCCF)C3)cc1)=C(Br)CC2. The van der Waals surface area contributed by atoms with E-state index >= 15 is 0 Å². The van der Waals surface area contributed by atoms with Crippen molar-refractivity contribution in [3.05, 3.63) is 63.6 Å². The van der Waals surface area contributed by atoms with Crippen molar-refractivity contribution in [1.29, 1.82) is 0 Å². The Morgan fingerprint density at radius 3 is 2.68 bits per heavy atom. The lowest BCUT2D eigenvalue weighted by Gasteiger charge is -2.22. The van der Waals surface area contributed by atoms with Gasteiger partial charge in [-0.1, -0.05) is 34.1 Å². The summed E-state index contributed by atoms with van der Waals surface area (Å²) in [5, 5.41) is 8.94. The highest BCUT2D eigenvalue weighted by Gasteiger charge is 2.24. The molecule has 1 saturated heterocycles. The molecule has 0 radical (unpaired) electrons. The number of allylic oxidation sites excluding steroid dienone is 1. The number of carboxylic acid groups (broad SMARTS) is 1. The fraction of sp³-hybridized carbons (Fsp3) is 0.375. The first-order chi connectivity index (χ1) is 15.0. The fourth-order valence-electron chi connectivity index (χ4n) is 4.27. The molecular weight excluding hydrogens is 465 g/mol. The molecule has 2 aromatic rings. The monoisotopic (exact) mass is 489 g/mol. The normalized spacial score (nSPS) is 18.7. The van der Waals surface area contributed by atoms with Gasteiger partial charge in [0.05, 0.1) is 6.67 Å². The molecule has 31 heavy (non-hydrogen) atoms. The van der Waals surface area contributed by atoms with Crippen LogP contribution in [0.15, 0.2) is 46.9 Å². The van der Waals surface area contributed by atoms with Gasteiger partial charge in [0.25, 0.3) is 0 Å². The molecular formula is C24H25BrFNO4. The molecule has 0 bridgehead atoms. The number of fused-ring (bicyclic) bond motifs is 1. The van der Waals surface area contributed by atoms with E-state index in [0.29, 0.717) is 12.2 Å². The summed E-state index contributed by atoms with van der Waals surface area (Å²) in [5.74, 6) is 1.13. The van der Waals surface area contributed by atoms with Crippen LogP contribution in [0.4, 0.5) is 9.18 Å². The maximum atomic E-state index is 12.4. The molecule has 1 N–H and O–H groups in total. The van der Waals surface area contributed by atoms with Gasteiger partial charge in [-0.15, -0.1) is 0 Å². The summed E-state index contributed by atoms with van der Waals surface area (Å²) in [7, 11) is 0. The smallest absolute Gasteiger partial charge is 0.489 e. The van der Waals surface area contributed by atoms with E-state index in [1.54, 1.807) is 12.1 Å². The molecule has 1 atom stereocenters. The molecule has 5 nitrogen and oxygen atoms in total. The largest absolute Gasteiger partial charge is 0.511 e. The van der Waals surface area contributed by atoms with Crippen LogP contribution in [0.1, 0.15) is 36.0 Å². The third kappa shape index (κ3) is 5.28. The van der Waals surface area contributed by atoms with Crippen molar-refractivity contribution in [3.63, 3.8) is 0 Å². The Labute approximate surface area is 189 Å². The predicted molar refractivity (Wildman–Crippen MR) is 121 cm³/mol. The maximum absolute atomic E-state index is 12.4. The van der Waals surface area contributed by atoms with Crippen molar-refractivity contribution in [1.82, 2.24) is 4.90 Å². The molecule has 1 aliphatic carbocycles. The van der Waals surface area contributed by atoms with Crippen LogP contribution >= 0.6 is 15.9 Å². The van der Waals surface area contributed by atoms with Crippen molar-refractivity contribution in [2.75, 3.05) is 26.3 Å². The molecule has 1 fully saturated rings. The molecule has 1 aliphatic heterocycles. The van der Waals surface area contributed by atoms with Crippen molar-refractivity contribution in [3.8, 4) is 11.5 Å². The molecule has 0 spiro atoms. The van der Waals surface area contributed by atoms with Crippen LogP contribution in [0.2, 0.25) is 0 Å². The molecule has 0 saturated carbocycles. The minimum absolute atomic E-state index is 0.127. The van der Waals surface area contributed by atoms with E-state index < -0.39 is 6.16 Å². The predicted octanol–water partition coefficient (Wildman–Crippen LogP) is 5.66. The van der Waals surface area contributed by atoms with E-state index in [0.717, 1.165) is 71.4 Å². The van der Waals surface area contributed by atoms with E-state index in [-0.39, 0.29) is 12.8 Å². The number of carbonyl (C=O) groups is 1. The van der Waals surface area contributed by atoms with Gasteiger partial charge < -0.3 is 14.6 Å². The lowest BCUT2D eigenvalue weighted by molar-refractivity contribution is 0.144. The average Bonchev–Trinajstić information content (AvgIpc) is 3.20. The number of benzene rings is 2. The quantitative estimate of drug-likeness (QED) is 0.401. The van der Waals surface area contributed by atoms with E-state index in [1.807, 2.05) is 30.3 Å². The number of likely N-dealkylation sites (tertiary alicyclic amines) is 1. The first-order valence-corrected chi connectivity index (χ1v) is 11.3. The molecule has 1 heterocycles. The van der Waals surface area contributed by atoms with Crippen LogP contribution in [0, 0.1) is 0 Å². The molecule has 0 unspecified atom stereocenters. The van der Waals surface area contributed by atoms with Gasteiger partial charge in [-0.05, 0) is 72.2 Å². The van der Waals surface area contributed by atoms with Gasteiger partial charge in [0.15, 0.2) is 0 Å². The van der Waals surface area contributed by atoms with Crippen LogP contribution in [0.25, 0.3) is 5.57 Å². The third-order valence-corrected chi connectivity index (χ3v) is 6.52. The number of hydrogen-bond donors (Lipinski definition) is 1. The molecule has 7 heteroatoms. The summed E-state index contributed by atoms with van der Waals surface area (Å²) < 4.78 is 24.5. The molecule has 164 valence electrons. The minimum atomic E-state index is -1.32. The Balaban J connectivity index is 1.50. The molecule has 2 aliphatic rings. The molecule has 0 aromatic heterocycles.